The number of halogens is 1. The smallest absolute Gasteiger partial charge is 0.119 e. The molecule has 1 N–H and O–H groups in total. The van der Waals surface area contributed by atoms with Gasteiger partial charge in [-0.3, -0.25) is 0 Å². The van der Waals surface area contributed by atoms with Crippen molar-refractivity contribution in [1.82, 2.24) is 0 Å². The van der Waals surface area contributed by atoms with Crippen molar-refractivity contribution in [2.24, 2.45) is 0 Å². The standard InChI is InChI=1S/C17H20ClNO/c1-3-12-20-15-10-8-14(9-11-15)19-13(2)16-6-4-5-7-17(16)18/h4-11,13,19H,3,12H2,1-2H3. The molecule has 0 heterocycles. The Balaban J connectivity index is 2.01. The van der Waals surface area contributed by atoms with Gasteiger partial charge in [0.1, 0.15) is 5.75 Å². The van der Waals surface area contributed by atoms with Crippen molar-refractivity contribution in [3.05, 3.63) is 59.1 Å². The molecule has 20 heavy (non-hydrogen) atoms. The van der Waals surface area contributed by atoms with Crippen molar-refractivity contribution >= 4 is 17.3 Å². The van der Waals surface area contributed by atoms with Crippen LogP contribution in [0.5, 0.6) is 5.75 Å². The van der Waals surface area contributed by atoms with Crippen LogP contribution in [0.1, 0.15) is 31.9 Å². The fraction of sp³-hybridized carbons (Fsp3) is 0.294. The number of hydrogen-bond acceptors (Lipinski definition) is 2. The van der Waals surface area contributed by atoms with Crippen LogP contribution in [0, 0.1) is 0 Å². The average molecular weight is 290 g/mol. The van der Waals surface area contributed by atoms with E-state index in [0.717, 1.165) is 35.1 Å². The van der Waals surface area contributed by atoms with Crippen LogP contribution in [-0.2, 0) is 0 Å². The first kappa shape index (κ1) is 14.7. The number of anilines is 1. The predicted octanol–water partition coefficient (Wildman–Crippen LogP) is 5.30. The van der Waals surface area contributed by atoms with Gasteiger partial charge in [0.05, 0.1) is 6.61 Å². The maximum absolute atomic E-state index is 6.21. The first-order valence-corrected chi connectivity index (χ1v) is 7.32. The second-order valence-electron chi connectivity index (χ2n) is 4.76. The van der Waals surface area contributed by atoms with Crippen LogP contribution < -0.4 is 10.1 Å². The van der Waals surface area contributed by atoms with Crippen molar-refractivity contribution in [3.8, 4) is 5.75 Å². The average Bonchev–Trinajstić information content (AvgIpc) is 2.47. The lowest BCUT2D eigenvalue weighted by Crippen LogP contribution is -2.07. The molecule has 3 heteroatoms. The van der Waals surface area contributed by atoms with Crippen LogP contribution in [0.15, 0.2) is 48.5 Å². The van der Waals surface area contributed by atoms with Gasteiger partial charge in [0, 0.05) is 16.8 Å². The van der Waals surface area contributed by atoms with E-state index in [0.29, 0.717) is 0 Å². The first-order valence-electron chi connectivity index (χ1n) is 6.94. The van der Waals surface area contributed by atoms with E-state index in [2.05, 4.69) is 19.2 Å². The van der Waals surface area contributed by atoms with Gasteiger partial charge in [-0.05, 0) is 49.2 Å². The van der Waals surface area contributed by atoms with Crippen LogP contribution in [0.25, 0.3) is 0 Å². The van der Waals surface area contributed by atoms with Gasteiger partial charge in [0.25, 0.3) is 0 Å². The predicted molar refractivity (Wildman–Crippen MR) is 85.7 cm³/mol. The summed E-state index contributed by atoms with van der Waals surface area (Å²) < 4.78 is 5.57. The van der Waals surface area contributed by atoms with E-state index >= 15 is 0 Å². The summed E-state index contributed by atoms with van der Waals surface area (Å²) in [6.07, 6.45) is 1.02. The molecule has 0 saturated heterocycles. The zero-order valence-electron chi connectivity index (χ0n) is 11.9. The number of nitrogens with one attached hydrogen (secondary N) is 1. The zero-order chi connectivity index (χ0) is 14.4. The Kier molecular flexibility index (Phi) is 5.31. The van der Waals surface area contributed by atoms with Gasteiger partial charge in [0.15, 0.2) is 0 Å². The van der Waals surface area contributed by atoms with Gasteiger partial charge in [-0.1, -0.05) is 36.7 Å². The lowest BCUT2D eigenvalue weighted by molar-refractivity contribution is 0.317. The molecule has 0 bridgehead atoms. The van der Waals surface area contributed by atoms with Crippen molar-refractivity contribution in [2.45, 2.75) is 26.3 Å². The lowest BCUT2D eigenvalue weighted by atomic mass is 10.1. The Morgan fingerprint density at radius 2 is 1.80 bits per heavy atom. The van der Waals surface area contributed by atoms with Crippen LogP contribution in [0.2, 0.25) is 5.02 Å². The molecule has 0 spiro atoms. The van der Waals surface area contributed by atoms with Crippen LogP contribution >= 0.6 is 11.6 Å². The monoisotopic (exact) mass is 289 g/mol. The molecule has 1 unspecified atom stereocenters. The third-order valence-electron chi connectivity index (χ3n) is 3.08. The molecule has 0 radical (unpaired) electrons. The summed E-state index contributed by atoms with van der Waals surface area (Å²) in [6, 6.07) is 16.1. The van der Waals surface area contributed by atoms with Crippen molar-refractivity contribution in [1.29, 1.82) is 0 Å². The minimum atomic E-state index is 0.158. The second-order valence-corrected chi connectivity index (χ2v) is 5.17. The molecule has 106 valence electrons. The first-order chi connectivity index (χ1) is 9.70. The van der Waals surface area contributed by atoms with E-state index in [4.69, 9.17) is 16.3 Å². The Labute approximate surface area is 125 Å². The van der Waals surface area contributed by atoms with E-state index in [1.165, 1.54) is 0 Å². The SMILES string of the molecule is CCCOc1ccc(NC(C)c2ccccc2Cl)cc1. The molecular weight excluding hydrogens is 270 g/mol. The number of ether oxygens (including phenoxy) is 1. The normalized spacial score (nSPS) is 11.9. The topological polar surface area (TPSA) is 21.3 Å². The number of hydrogen-bond donors (Lipinski definition) is 1. The van der Waals surface area contributed by atoms with Crippen molar-refractivity contribution in [2.75, 3.05) is 11.9 Å². The zero-order valence-corrected chi connectivity index (χ0v) is 12.7. The molecule has 2 rings (SSSR count). The third kappa shape index (κ3) is 3.91. The number of rotatable bonds is 6. The fourth-order valence-electron chi connectivity index (χ4n) is 2.02. The minimum absolute atomic E-state index is 0.158. The highest BCUT2D eigenvalue weighted by atomic mass is 35.5. The fourth-order valence-corrected chi connectivity index (χ4v) is 2.32. The molecule has 0 fully saturated rings. The van der Waals surface area contributed by atoms with Crippen LogP contribution in [-0.4, -0.2) is 6.61 Å². The lowest BCUT2D eigenvalue weighted by Gasteiger charge is -2.17. The Morgan fingerprint density at radius 1 is 1.10 bits per heavy atom. The van der Waals surface area contributed by atoms with E-state index in [-0.39, 0.29) is 6.04 Å². The molecule has 1 atom stereocenters. The maximum Gasteiger partial charge on any atom is 0.119 e. The van der Waals surface area contributed by atoms with Gasteiger partial charge < -0.3 is 10.1 Å². The van der Waals surface area contributed by atoms with Crippen LogP contribution in [0.4, 0.5) is 5.69 Å². The van der Waals surface area contributed by atoms with E-state index in [1.54, 1.807) is 0 Å². The largest absolute Gasteiger partial charge is 0.494 e. The molecule has 2 nitrogen and oxygen atoms in total. The molecule has 2 aromatic carbocycles. The molecule has 2 aromatic rings. The summed E-state index contributed by atoms with van der Waals surface area (Å²) in [5.74, 6) is 0.905. The highest BCUT2D eigenvalue weighted by Crippen LogP contribution is 2.26. The van der Waals surface area contributed by atoms with Gasteiger partial charge in [-0.25, -0.2) is 0 Å². The number of benzene rings is 2. The molecular formula is C17H20ClNO. The third-order valence-corrected chi connectivity index (χ3v) is 3.43. The molecule has 0 aromatic heterocycles. The molecule has 0 saturated carbocycles. The van der Waals surface area contributed by atoms with Crippen molar-refractivity contribution in [3.63, 3.8) is 0 Å². The second kappa shape index (κ2) is 7.20. The highest BCUT2D eigenvalue weighted by molar-refractivity contribution is 6.31. The van der Waals surface area contributed by atoms with Gasteiger partial charge in [0.2, 0.25) is 0 Å². The summed E-state index contributed by atoms with van der Waals surface area (Å²) in [5.41, 5.74) is 2.15. The van der Waals surface area contributed by atoms with Gasteiger partial charge >= 0.3 is 0 Å². The Hall–Kier alpha value is -1.67. The summed E-state index contributed by atoms with van der Waals surface area (Å²) >= 11 is 6.21. The maximum atomic E-state index is 6.21. The van der Waals surface area contributed by atoms with Gasteiger partial charge in [-0.15, -0.1) is 0 Å². The summed E-state index contributed by atoms with van der Waals surface area (Å²) in [6.45, 7) is 4.95. The van der Waals surface area contributed by atoms with E-state index in [9.17, 15) is 0 Å². The summed E-state index contributed by atoms with van der Waals surface area (Å²) in [5, 5.41) is 4.23. The van der Waals surface area contributed by atoms with Gasteiger partial charge in [-0.2, -0.15) is 0 Å². The summed E-state index contributed by atoms with van der Waals surface area (Å²) in [4.78, 5) is 0. The van der Waals surface area contributed by atoms with E-state index < -0.39 is 0 Å². The molecule has 0 aliphatic heterocycles. The molecule has 0 amide bonds. The molecule has 0 aliphatic carbocycles. The van der Waals surface area contributed by atoms with E-state index in [1.807, 2.05) is 48.5 Å². The van der Waals surface area contributed by atoms with Crippen LogP contribution in [0.3, 0.4) is 0 Å². The van der Waals surface area contributed by atoms with Crippen molar-refractivity contribution < 1.29 is 4.74 Å². The Morgan fingerprint density at radius 3 is 2.45 bits per heavy atom. The molecule has 0 aliphatic rings. The minimum Gasteiger partial charge on any atom is -0.494 e. The Bertz CT molecular complexity index is 539. The summed E-state index contributed by atoms with van der Waals surface area (Å²) in [7, 11) is 0. The quantitative estimate of drug-likeness (QED) is 0.779. The highest BCUT2D eigenvalue weighted by Gasteiger charge is 2.08.